The first-order valence-corrected chi connectivity index (χ1v) is 9.14. The van der Waals surface area contributed by atoms with Crippen molar-refractivity contribution < 1.29 is 8.42 Å². The molecule has 2 aromatic rings. The van der Waals surface area contributed by atoms with E-state index < -0.39 is 10.0 Å². The fourth-order valence-corrected chi connectivity index (χ4v) is 5.16. The molecule has 1 aromatic carbocycles. The average molecular weight is 322 g/mol. The van der Waals surface area contributed by atoms with E-state index >= 15 is 0 Å². The molecule has 2 N–H and O–H groups in total. The van der Waals surface area contributed by atoms with Crippen molar-refractivity contribution in [2.75, 3.05) is 0 Å². The topological polar surface area (TPSA) is 58.2 Å². The monoisotopic (exact) mass is 322 g/mol. The minimum absolute atomic E-state index is 0.323. The predicted molar refractivity (Wildman–Crippen MR) is 84.8 cm³/mol. The first-order valence-electron chi connectivity index (χ1n) is 6.84. The molecule has 0 aliphatic carbocycles. The summed E-state index contributed by atoms with van der Waals surface area (Å²) in [5.74, 6) is 0. The standard InChI is InChI=1S/C15H18N2O2S2/c1-10-5-15(11(2)20-10)21(18,19)17-7-12-3-4-13-8-16-9-14(13)6-12/h3-6,16-17H,7-9H2,1-2H3. The Morgan fingerprint density at radius 2 is 1.95 bits per heavy atom. The number of sulfonamides is 1. The van der Waals surface area contributed by atoms with Crippen LogP contribution in [0.15, 0.2) is 29.2 Å². The van der Waals surface area contributed by atoms with Gasteiger partial charge >= 0.3 is 0 Å². The van der Waals surface area contributed by atoms with Crippen LogP contribution in [0.5, 0.6) is 0 Å². The minimum atomic E-state index is -3.44. The van der Waals surface area contributed by atoms with E-state index in [4.69, 9.17) is 0 Å². The molecule has 0 bridgehead atoms. The molecule has 0 saturated heterocycles. The van der Waals surface area contributed by atoms with Gasteiger partial charge in [-0.25, -0.2) is 13.1 Å². The third-order valence-electron chi connectivity index (χ3n) is 3.65. The van der Waals surface area contributed by atoms with E-state index in [0.29, 0.717) is 11.4 Å². The van der Waals surface area contributed by atoms with Gasteiger partial charge < -0.3 is 5.32 Å². The van der Waals surface area contributed by atoms with Gasteiger partial charge in [-0.1, -0.05) is 18.2 Å². The summed E-state index contributed by atoms with van der Waals surface area (Å²) in [6.45, 7) is 5.84. The van der Waals surface area contributed by atoms with Gasteiger partial charge in [-0.15, -0.1) is 11.3 Å². The highest BCUT2D eigenvalue weighted by Gasteiger charge is 2.19. The molecule has 0 atom stereocenters. The van der Waals surface area contributed by atoms with Gasteiger partial charge in [0, 0.05) is 29.4 Å². The largest absolute Gasteiger partial charge is 0.309 e. The molecular weight excluding hydrogens is 304 g/mol. The summed E-state index contributed by atoms with van der Waals surface area (Å²) in [7, 11) is -3.44. The number of hydrogen-bond acceptors (Lipinski definition) is 4. The van der Waals surface area contributed by atoms with E-state index in [0.717, 1.165) is 28.4 Å². The molecule has 21 heavy (non-hydrogen) atoms. The molecule has 1 aliphatic rings. The Labute approximate surface area is 129 Å². The van der Waals surface area contributed by atoms with Crippen LogP contribution in [0.4, 0.5) is 0 Å². The summed E-state index contributed by atoms with van der Waals surface area (Å²) in [4.78, 5) is 2.24. The number of nitrogens with one attached hydrogen (secondary N) is 2. The van der Waals surface area contributed by atoms with Crippen LogP contribution in [0.2, 0.25) is 0 Å². The summed E-state index contributed by atoms with van der Waals surface area (Å²) in [6.07, 6.45) is 0. The molecule has 0 spiro atoms. The number of benzene rings is 1. The van der Waals surface area contributed by atoms with Gasteiger partial charge in [0.25, 0.3) is 0 Å². The Hall–Kier alpha value is -1.21. The fourth-order valence-electron chi connectivity index (χ4n) is 2.59. The molecule has 2 heterocycles. The molecule has 0 amide bonds. The molecule has 0 fully saturated rings. The Kier molecular flexibility index (Phi) is 3.88. The predicted octanol–water partition coefficient (Wildman–Crippen LogP) is 2.45. The van der Waals surface area contributed by atoms with E-state index in [1.54, 1.807) is 6.07 Å². The van der Waals surface area contributed by atoms with Gasteiger partial charge in [-0.3, -0.25) is 0 Å². The lowest BCUT2D eigenvalue weighted by Crippen LogP contribution is -2.23. The Bertz CT molecular complexity index is 779. The number of thiophene rings is 1. The third kappa shape index (κ3) is 3.03. The molecule has 0 unspecified atom stereocenters. The zero-order valence-electron chi connectivity index (χ0n) is 12.1. The maximum atomic E-state index is 12.4. The molecule has 6 heteroatoms. The lowest BCUT2D eigenvalue weighted by molar-refractivity contribution is 0.581. The smallest absolute Gasteiger partial charge is 0.241 e. The van der Waals surface area contributed by atoms with E-state index in [9.17, 15) is 8.42 Å². The van der Waals surface area contributed by atoms with Crippen molar-refractivity contribution in [2.45, 2.75) is 38.4 Å². The maximum absolute atomic E-state index is 12.4. The van der Waals surface area contributed by atoms with Crippen LogP contribution in [-0.4, -0.2) is 8.42 Å². The van der Waals surface area contributed by atoms with Gasteiger partial charge in [0.1, 0.15) is 0 Å². The second-order valence-corrected chi connectivity index (χ2v) is 8.50. The Balaban J connectivity index is 1.76. The summed E-state index contributed by atoms with van der Waals surface area (Å²) in [6, 6.07) is 7.86. The Morgan fingerprint density at radius 3 is 2.67 bits per heavy atom. The third-order valence-corrected chi connectivity index (χ3v) is 6.28. The van der Waals surface area contributed by atoms with Crippen LogP contribution in [-0.2, 0) is 29.7 Å². The first-order chi connectivity index (χ1) is 9.95. The molecule has 1 aliphatic heterocycles. The molecule has 4 nitrogen and oxygen atoms in total. The summed E-state index contributed by atoms with van der Waals surface area (Å²) >= 11 is 1.51. The van der Waals surface area contributed by atoms with Crippen LogP contribution < -0.4 is 10.0 Å². The summed E-state index contributed by atoms with van der Waals surface area (Å²) in [5.41, 5.74) is 3.55. The Morgan fingerprint density at radius 1 is 1.19 bits per heavy atom. The van der Waals surface area contributed by atoms with Crippen molar-refractivity contribution in [1.82, 2.24) is 10.0 Å². The zero-order valence-corrected chi connectivity index (χ0v) is 13.7. The van der Waals surface area contributed by atoms with Crippen LogP contribution in [0.25, 0.3) is 0 Å². The van der Waals surface area contributed by atoms with Crippen molar-refractivity contribution in [3.63, 3.8) is 0 Å². The van der Waals surface area contributed by atoms with Crippen molar-refractivity contribution in [1.29, 1.82) is 0 Å². The molecule has 0 radical (unpaired) electrons. The van der Waals surface area contributed by atoms with Gasteiger partial charge in [0.15, 0.2) is 0 Å². The second kappa shape index (κ2) is 5.53. The summed E-state index contributed by atoms with van der Waals surface area (Å²) < 4.78 is 27.4. The van der Waals surface area contributed by atoms with Gasteiger partial charge in [0.2, 0.25) is 10.0 Å². The number of fused-ring (bicyclic) bond motifs is 1. The van der Waals surface area contributed by atoms with Crippen molar-refractivity contribution >= 4 is 21.4 Å². The van der Waals surface area contributed by atoms with E-state index in [1.165, 1.54) is 22.5 Å². The van der Waals surface area contributed by atoms with E-state index in [-0.39, 0.29) is 0 Å². The van der Waals surface area contributed by atoms with Gasteiger partial charge in [0.05, 0.1) is 4.90 Å². The number of aryl methyl sites for hydroxylation is 2. The SMILES string of the molecule is Cc1cc(S(=O)(=O)NCc2ccc3c(c2)CNC3)c(C)s1. The minimum Gasteiger partial charge on any atom is -0.309 e. The second-order valence-electron chi connectivity index (χ2n) is 5.31. The maximum Gasteiger partial charge on any atom is 0.241 e. The number of hydrogen-bond donors (Lipinski definition) is 2. The van der Waals surface area contributed by atoms with E-state index in [1.807, 2.05) is 19.9 Å². The summed E-state index contributed by atoms with van der Waals surface area (Å²) in [5, 5.41) is 3.29. The molecule has 112 valence electrons. The quantitative estimate of drug-likeness (QED) is 0.909. The highest BCUT2D eigenvalue weighted by molar-refractivity contribution is 7.89. The first kappa shape index (κ1) is 14.7. The average Bonchev–Trinajstić information content (AvgIpc) is 3.02. The zero-order chi connectivity index (χ0) is 15.0. The van der Waals surface area contributed by atoms with Gasteiger partial charge in [-0.2, -0.15) is 0 Å². The van der Waals surface area contributed by atoms with E-state index in [2.05, 4.69) is 22.2 Å². The number of rotatable bonds is 4. The van der Waals surface area contributed by atoms with Crippen molar-refractivity contribution in [3.8, 4) is 0 Å². The lowest BCUT2D eigenvalue weighted by atomic mass is 10.1. The molecule has 1 aromatic heterocycles. The van der Waals surface area contributed by atoms with Crippen molar-refractivity contribution in [2.24, 2.45) is 0 Å². The fraction of sp³-hybridized carbons (Fsp3) is 0.333. The normalized spacial score (nSPS) is 14.4. The molecule has 0 saturated carbocycles. The highest BCUT2D eigenvalue weighted by Crippen LogP contribution is 2.25. The molecular formula is C15H18N2O2S2. The van der Waals surface area contributed by atoms with Crippen LogP contribution in [0.1, 0.15) is 26.4 Å². The van der Waals surface area contributed by atoms with Crippen molar-refractivity contribution in [3.05, 3.63) is 50.7 Å². The van der Waals surface area contributed by atoms with Crippen LogP contribution in [0, 0.1) is 13.8 Å². The lowest BCUT2D eigenvalue weighted by Gasteiger charge is -2.08. The van der Waals surface area contributed by atoms with Crippen LogP contribution in [0.3, 0.4) is 0 Å². The highest BCUT2D eigenvalue weighted by atomic mass is 32.2. The van der Waals surface area contributed by atoms with Crippen LogP contribution >= 0.6 is 11.3 Å². The molecule has 3 rings (SSSR count). The van der Waals surface area contributed by atoms with Gasteiger partial charge in [-0.05, 0) is 36.6 Å².